The molecule has 0 amide bonds. The van der Waals surface area contributed by atoms with E-state index < -0.39 is 17.9 Å². The monoisotopic (exact) mass is 340 g/mol. The van der Waals surface area contributed by atoms with Gasteiger partial charge in [0.2, 0.25) is 11.8 Å². The van der Waals surface area contributed by atoms with Gasteiger partial charge >= 0.3 is 6.18 Å². The lowest BCUT2D eigenvalue weighted by Gasteiger charge is -2.10. The van der Waals surface area contributed by atoms with E-state index in [0.717, 1.165) is 10.7 Å². The second kappa shape index (κ2) is 6.83. The Balaban J connectivity index is 2.24. The van der Waals surface area contributed by atoms with E-state index >= 15 is 0 Å². The molecule has 9 heteroatoms. The lowest BCUT2D eigenvalue weighted by Crippen LogP contribution is -2.20. The number of rotatable bonds is 5. The fourth-order valence-corrected chi connectivity index (χ4v) is 1.87. The van der Waals surface area contributed by atoms with Crippen LogP contribution in [0, 0.1) is 0 Å². The molecule has 0 aromatic carbocycles. The molecule has 2 aromatic heterocycles. The van der Waals surface area contributed by atoms with Crippen molar-refractivity contribution in [3.05, 3.63) is 47.8 Å². The average Bonchev–Trinajstić information content (AvgIpc) is 2.88. The minimum Gasteiger partial charge on any atom is -0.421 e. The van der Waals surface area contributed by atoms with E-state index in [9.17, 15) is 18.0 Å². The number of pyridine rings is 1. The molecule has 1 atom stereocenters. The number of hydrogen-bond acceptors (Lipinski definition) is 5. The van der Waals surface area contributed by atoms with Gasteiger partial charge in [-0.1, -0.05) is 12.1 Å². The standard InChI is InChI=1S/C15H15F3N4O2/c1-3-5-10(23)14(19)9-6-4-7-12(20-9)24-13-8-11(15(16,17)18)21-22(13)2/h3-8,14H,19H2,1-2H3/b5-3+. The highest BCUT2D eigenvalue weighted by molar-refractivity contribution is 5.94. The fraction of sp³-hybridized carbons (Fsp3) is 0.267. The Morgan fingerprint density at radius 3 is 2.71 bits per heavy atom. The van der Waals surface area contributed by atoms with Gasteiger partial charge in [-0.25, -0.2) is 9.67 Å². The molecule has 0 aliphatic carbocycles. The van der Waals surface area contributed by atoms with E-state index in [1.54, 1.807) is 19.1 Å². The van der Waals surface area contributed by atoms with Crippen LogP contribution < -0.4 is 10.5 Å². The van der Waals surface area contributed by atoms with Crippen LogP contribution in [0.2, 0.25) is 0 Å². The summed E-state index contributed by atoms with van der Waals surface area (Å²) in [5.74, 6) is -0.477. The Hall–Kier alpha value is -2.68. The summed E-state index contributed by atoms with van der Waals surface area (Å²) in [5.41, 5.74) is 4.96. The molecular weight excluding hydrogens is 325 g/mol. The number of carbonyl (C=O) groups is 1. The molecule has 2 heterocycles. The van der Waals surface area contributed by atoms with Crippen LogP contribution in [0.4, 0.5) is 13.2 Å². The van der Waals surface area contributed by atoms with Gasteiger partial charge in [0.25, 0.3) is 0 Å². The lowest BCUT2D eigenvalue weighted by molar-refractivity contribution is -0.141. The second-order valence-corrected chi connectivity index (χ2v) is 4.87. The number of carbonyl (C=O) groups excluding carboxylic acids is 1. The topological polar surface area (TPSA) is 83.0 Å². The van der Waals surface area contributed by atoms with Gasteiger partial charge in [-0.2, -0.15) is 18.3 Å². The third-order valence-corrected chi connectivity index (χ3v) is 3.04. The van der Waals surface area contributed by atoms with Gasteiger partial charge in [0, 0.05) is 19.2 Å². The fourth-order valence-electron chi connectivity index (χ4n) is 1.87. The molecular formula is C15H15F3N4O2. The molecule has 24 heavy (non-hydrogen) atoms. The molecule has 0 spiro atoms. The predicted octanol–water partition coefficient (Wildman–Crippen LogP) is 2.77. The molecule has 2 N–H and O–H groups in total. The zero-order chi connectivity index (χ0) is 17.9. The summed E-state index contributed by atoms with van der Waals surface area (Å²) in [6, 6.07) is 4.29. The van der Waals surface area contributed by atoms with Gasteiger partial charge in [-0.15, -0.1) is 0 Å². The van der Waals surface area contributed by atoms with Gasteiger partial charge in [-0.3, -0.25) is 4.79 Å². The lowest BCUT2D eigenvalue weighted by atomic mass is 10.1. The first-order chi connectivity index (χ1) is 11.2. The second-order valence-electron chi connectivity index (χ2n) is 4.87. The third-order valence-electron chi connectivity index (χ3n) is 3.04. The number of alkyl halides is 3. The largest absolute Gasteiger partial charge is 0.435 e. The quantitative estimate of drug-likeness (QED) is 0.846. The highest BCUT2D eigenvalue weighted by Crippen LogP contribution is 2.31. The van der Waals surface area contributed by atoms with Crippen LogP contribution in [0.25, 0.3) is 0 Å². The van der Waals surface area contributed by atoms with Crippen molar-refractivity contribution in [1.82, 2.24) is 14.8 Å². The number of nitrogens with zero attached hydrogens (tertiary/aromatic N) is 3. The number of allylic oxidation sites excluding steroid dienone is 1. The van der Waals surface area contributed by atoms with E-state index in [4.69, 9.17) is 10.5 Å². The number of aromatic nitrogens is 3. The normalized spacial score (nSPS) is 13.2. The molecule has 0 saturated heterocycles. The summed E-state index contributed by atoms with van der Waals surface area (Å²) in [7, 11) is 1.32. The van der Waals surface area contributed by atoms with Crippen molar-refractivity contribution in [1.29, 1.82) is 0 Å². The average molecular weight is 340 g/mol. The molecule has 0 aliphatic rings. The number of nitrogens with two attached hydrogens (primary N) is 1. The zero-order valence-corrected chi connectivity index (χ0v) is 12.9. The molecule has 128 valence electrons. The van der Waals surface area contributed by atoms with Crippen molar-refractivity contribution < 1.29 is 22.7 Å². The maximum Gasteiger partial charge on any atom is 0.435 e. The molecule has 0 saturated carbocycles. The van der Waals surface area contributed by atoms with Crippen LogP contribution in [0.1, 0.15) is 24.4 Å². The van der Waals surface area contributed by atoms with Crippen LogP contribution in [0.15, 0.2) is 36.4 Å². The minimum absolute atomic E-state index is 0.00736. The Morgan fingerprint density at radius 1 is 1.42 bits per heavy atom. The Morgan fingerprint density at radius 2 is 2.12 bits per heavy atom. The first kappa shape index (κ1) is 17.7. The molecule has 0 radical (unpaired) electrons. The van der Waals surface area contributed by atoms with Gasteiger partial charge in [-0.05, 0) is 19.1 Å². The van der Waals surface area contributed by atoms with Crippen LogP contribution in [0.3, 0.4) is 0 Å². The van der Waals surface area contributed by atoms with Gasteiger partial charge in [0.05, 0.1) is 5.69 Å². The van der Waals surface area contributed by atoms with Gasteiger partial charge < -0.3 is 10.5 Å². The maximum absolute atomic E-state index is 12.6. The number of halogens is 3. The number of ketones is 1. The minimum atomic E-state index is -4.57. The van der Waals surface area contributed by atoms with E-state index in [1.807, 2.05) is 0 Å². The molecule has 6 nitrogen and oxygen atoms in total. The first-order valence-electron chi connectivity index (χ1n) is 6.90. The summed E-state index contributed by atoms with van der Waals surface area (Å²) in [6.45, 7) is 1.68. The Bertz CT molecular complexity index is 768. The number of ether oxygens (including phenoxy) is 1. The Kier molecular flexibility index (Phi) is 5.03. The van der Waals surface area contributed by atoms with Gasteiger partial charge in [0.15, 0.2) is 11.5 Å². The van der Waals surface area contributed by atoms with Crippen LogP contribution in [0.5, 0.6) is 11.8 Å². The SMILES string of the molecule is C/C=C/C(=O)C(N)c1cccc(Oc2cc(C(F)(F)F)nn2C)n1. The Labute approximate surface area is 135 Å². The molecule has 1 unspecified atom stereocenters. The van der Waals surface area contributed by atoms with Crippen LogP contribution in [-0.2, 0) is 18.0 Å². The molecule has 2 aromatic rings. The van der Waals surface area contributed by atoms with Crippen molar-refractivity contribution in [3.63, 3.8) is 0 Å². The summed E-state index contributed by atoms with van der Waals surface area (Å²) in [4.78, 5) is 15.8. The molecule has 0 fully saturated rings. The predicted molar refractivity (Wildman–Crippen MR) is 79.3 cm³/mol. The third kappa shape index (κ3) is 3.99. The van der Waals surface area contributed by atoms with E-state index in [2.05, 4.69) is 10.1 Å². The summed E-state index contributed by atoms with van der Waals surface area (Å²) >= 11 is 0. The van der Waals surface area contributed by atoms with E-state index in [-0.39, 0.29) is 23.2 Å². The number of hydrogen-bond donors (Lipinski definition) is 1. The smallest absolute Gasteiger partial charge is 0.421 e. The molecule has 2 rings (SSSR count). The van der Waals surface area contributed by atoms with Crippen LogP contribution in [-0.4, -0.2) is 20.5 Å². The van der Waals surface area contributed by atoms with Crippen molar-refractivity contribution in [2.45, 2.75) is 19.1 Å². The van der Waals surface area contributed by atoms with Crippen molar-refractivity contribution in [3.8, 4) is 11.8 Å². The maximum atomic E-state index is 12.6. The van der Waals surface area contributed by atoms with Crippen molar-refractivity contribution in [2.24, 2.45) is 12.8 Å². The summed E-state index contributed by atoms with van der Waals surface area (Å²) in [5, 5.41) is 3.34. The summed E-state index contributed by atoms with van der Waals surface area (Å²) in [6.07, 6.45) is -1.71. The first-order valence-corrected chi connectivity index (χ1v) is 6.90. The highest BCUT2D eigenvalue weighted by atomic mass is 19.4. The van der Waals surface area contributed by atoms with Gasteiger partial charge in [0.1, 0.15) is 6.04 Å². The van der Waals surface area contributed by atoms with Crippen LogP contribution >= 0.6 is 0 Å². The molecule has 0 bridgehead atoms. The van der Waals surface area contributed by atoms with E-state index in [0.29, 0.717) is 0 Å². The zero-order valence-electron chi connectivity index (χ0n) is 12.9. The van der Waals surface area contributed by atoms with E-state index in [1.165, 1.54) is 25.3 Å². The highest BCUT2D eigenvalue weighted by Gasteiger charge is 2.35. The summed E-state index contributed by atoms with van der Waals surface area (Å²) < 4.78 is 44.2. The molecule has 0 aliphatic heterocycles. The van der Waals surface area contributed by atoms with Crippen molar-refractivity contribution in [2.75, 3.05) is 0 Å². The van der Waals surface area contributed by atoms with Crippen molar-refractivity contribution >= 4 is 5.78 Å². The number of aryl methyl sites for hydroxylation is 1.